The van der Waals surface area contributed by atoms with Gasteiger partial charge in [0.25, 0.3) is 5.91 Å². The number of amides is 1. The molecule has 0 unspecified atom stereocenters. The number of rotatable bonds is 8. The Morgan fingerprint density at radius 3 is 2.67 bits per heavy atom. The summed E-state index contributed by atoms with van der Waals surface area (Å²) in [7, 11) is 0. The van der Waals surface area contributed by atoms with Crippen LogP contribution in [-0.2, 0) is 4.79 Å². The van der Waals surface area contributed by atoms with Crippen LogP contribution in [0.2, 0.25) is 0 Å². The molecule has 0 spiro atoms. The molecule has 0 fully saturated rings. The van der Waals surface area contributed by atoms with E-state index in [9.17, 15) is 14.4 Å². The Morgan fingerprint density at radius 2 is 1.93 bits per heavy atom. The van der Waals surface area contributed by atoms with Gasteiger partial charge in [0.1, 0.15) is 37.4 Å². The van der Waals surface area contributed by atoms with E-state index in [1.54, 1.807) is 0 Å². The molecule has 0 aliphatic heterocycles. The second kappa shape index (κ2) is 8.04. The highest BCUT2D eigenvalue weighted by Gasteiger charge is 2.20. The van der Waals surface area contributed by atoms with Crippen molar-refractivity contribution in [3.8, 4) is 11.6 Å². The standard InChI is InChI=1S/C17H16N4O6/c22-12-8-13(27-7-6-26-11-4-2-1-3-5-11)21-16(19-10-20-21)15(12)17(25)18-9-14(23)24/h1-5,8,10H,6-7,9H2,(H,18,25)(H,19,20)(H,23,24). The number of pyridine rings is 1. The lowest BCUT2D eigenvalue weighted by Crippen LogP contribution is -2.33. The smallest absolute Gasteiger partial charge is 0.322 e. The molecule has 0 radical (unpaired) electrons. The third-order valence-electron chi connectivity index (χ3n) is 3.50. The molecular weight excluding hydrogens is 356 g/mol. The lowest BCUT2D eigenvalue weighted by Gasteiger charge is -2.10. The van der Waals surface area contributed by atoms with E-state index in [0.717, 1.165) is 6.07 Å². The summed E-state index contributed by atoms with van der Waals surface area (Å²) in [5, 5.41) is 13.5. The monoisotopic (exact) mass is 372 g/mol. The molecule has 0 atom stereocenters. The number of aromatic amines is 1. The van der Waals surface area contributed by atoms with E-state index in [1.807, 2.05) is 30.3 Å². The van der Waals surface area contributed by atoms with Gasteiger partial charge in [-0.3, -0.25) is 19.5 Å². The van der Waals surface area contributed by atoms with E-state index in [-0.39, 0.29) is 30.3 Å². The average molecular weight is 372 g/mol. The van der Waals surface area contributed by atoms with Crippen LogP contribution in [0.4, 0.5) is 0 Å². The van der Waals surface area contributed by atoms with Crippen LogP contribution in [-0.4, -0.2) is 51.3 Å². The van der Waals surface area contributed by atoms with Gasteiger partial charge in [-0.1, -0.05) is 18.2 Å². The van der Waals surface area contributed by atoms with Crippen molar-refractivity contribution >= 4 is 17.5 Å². The maximum absolute atomic E-state index is 12.3. The van der Waals surface area contributed by atoms with Crippen molar-refractivity contribution in [2.75, 3.05) is 19.8 Å². The minimum absolute atomic E-state index is 0.0318. The van der Waals surface area contributed by atoms with Crippen LogP contribution < -0.4 is 20.2 Å². The van der Waals surface area contributed by atoms with E-state index in [1.165, 1.54) is 10.8 Å². The summed E-state index contributed by atoms with van der Waals surface area (Å²) in [4.78, 5) is 39.0. The van der Waals surface area contributed by atoms with Gasteiger partial charge in [-0.25, -0.2) is 9.50 Å². The van der Waals surface area contributed by atoms with E-state index in [4.69, 9.17) is 14.6 Å². The first-order valence-corrected chi connectivity index (χ1v) is 7.96. The van der Waals surface area contributed by atoms with Crippen LogP contribution in [0.25, 0.3) is 5.65 Å². The van der Waals surface area contributed by atoms with Gasteiger partial charge >= 0.3 is 5.97 Å². The highest BCUT2D eigenvalue weighted by molar-refractivity contribution is 6.00. The number of nitrogens with one attached hydrogen (secondary N) is 2. The molecule has 10 nitrogen and oxygen atoms in total. The third kappa shape index (κ3) is 4.24. The zero-order valence-electron chi connectivity index (χ0n) is 14.0. The van der Waals surface area contributed by atoms with E-state index >= 15 is 0 Å². The quantitative estimate of drug-likeness (QED) is 0.484. The number of fused-ring (bicyclic) bond motifs is 1. The predicted molar refractivity (Wildman–Crippen MR) is 93.2 cm³/mol. The second-order valence-electron chi connectivity index (χ2n) is 5.35. The Hall–Kier alpha value is -3.82. The minimum Gasteiger partial charge on any atom is -0.490 e. The first kappa shape index (κ1) is 18.0. The zero-order valence-corrected chi connectivity index (χ0v) is 14.0. The molecule has 0 aliphatic rings. The number of carbonyl (C=O) groups excluding carboxylic acids is 1. The van der Waals surface area contributed by atoms with Gasteiger partial charge in [-0.15, -0.1) is 0 Å². The van der Waals surface area contributed by atoms with Crippen LogP contribution in [0.1, 0.15) is 10.4 Å². The minimum atomic E-state index is -1.22. The number of H-pyrrole nitrogens is 1. The molecule has 0 aliphatic carbocycles. The van der Waals surface area contributed by atoms with Crippen LogP contribution in [0.3, 0.4) is 0 Å². The molecule has 140 valence electrons. The SMILES string of the molecule is O=C(O)CNC(=O)c1c(=O)cc(OCCOc2ccccc2)n2[nH]cnc12. The van der Waals surface area contributed by atoms with Gasteiger partial charge < -0.3 is 19.9 Å². The number of hydrogen-bond donors (Lipinski definition) is 3. The van der Waals surface area contributed by atoms with Gasteiger partial charge in [0.2, 0.25) is 11.3 Å². The maximum atomic E-state index is 12.3. The van der Waals surface area contributed by atoms with E-state index in [0.29, 0.717) is 5.75 Å². The molecule has 2 aromatic heterocycles. The van der Waals surface area contributed by atoms with Crippen LogP contribution in [0.5, 0.6) is 11.6 Å². The van der Waals surface area contributed by atoms with Gasteiger partial charge in [-0.2, -0.15) is 0 Å². The molecule has 3 N–H and O–H groups in total. The number of carbonyl (C=O) groups is 2. The number of nitrogens with zero attached hydrogens (tertiary/aromatic N) is 2. The third-order valence-corrected chi connectivity index (χ3v) is 3.50. The largest absolute Gasteiger partial charge is 0.490 e. The number of ether oxygens (including phenoxy) is 2. The summed E-state index contributed by atoms with van der Waals surface area (Å²) in [6, 6.07) is 10.3. The molecule has 2 heterocycles. The number of para-hydroxylation sites is 1. The van der Waals surface area contributed by atoms with Crippen molar-refractivity contribution in [1.82, 2.24) is 19.9 Å². The summed E-state index contributed by atoms with van der Waals surface area (Å²) in [5.41, 5.74) is -0.876. The number of hydrogen-bond acceptors (Lipinski definition) is 6. The number of carboxylic acids is 1. The summed E-state index contributed by atoms with van der Waals surface area (Å²) in [6.45, 7) is -0.209. The average Bonchev–Trinajstić information content (AvgIpc) is 3.13. The van der Waals surface area contributed by atoms with Crippen LogP contribution in [0, 0.1) is 0 Å². The van der Waals surface area contributed by atoms with E-state index in [2.05, 4.69) is 15.4 Å². The summed E-state index contributed by atoms with van der Waals surface area (Å²) < 4.78 is 12.4. The van der Waals surface area contributed by atoms with E-state index < -0.39 is 23.9 Å². The van der Waals surface area contributed by atoms with Gasteiger partial charge in [-0.05, 0) is 12.1 Å². The molecule has 1 aromatic carbocycles. The highest BCUT2D eigenvalue weighted by atomic mass is 16.5. The second-order valence-corrected chi connectivity index (χ2v) is 5.35. The Bertz CT molecular complexity index is 1010. The van der Waals surface area contributed by atoms with Gasteiger partial charge in [0.05, 0.1) is 0 Å². The van der Waals surface area contributed by atoms with Gasteiger partial charge in [0, 0.05) is 6.07 Å². The fourth-order valence-corrected chi connectivity index (χ4v) is 2.36. The number of aromatic nitrogens is 3. The Morgan fingerprint density at radius 1 is 1.19 bits per heavy atom. The van der Waals surface area contributed by atoms with Crippen molar-refractivity contribution in [3.05, 3.63) is 58.5 Å². The summed E-state index contributed by atoms with van der Waals surface area (Å²) in [5.74, 6) is -1.21. The van der Waals surface area contributed by atoms with Crippen LogP contribution >= 0.6 is 0 Å². The summed E-state index contributed by atoms with van der Waals surface area (Å²) in [6.07, 6.45) is 1.29. The van der Waals surface area contributed by atoms with Crippen molar-refractivity contribution in [2.24, 2.45) is 0 Å². The topological polar surface area (TPSA) is 135 Å². The molecule has 10 heteroatoms. The molecule has 1 amide bonds. The van der Waals surface area contributed by atoms with Gasteiger partial charge in [0.15, 0.2) is 5.65 Å². The predicted octanol–water partition coefficient (Wildman–Crippen LogP) is 0.295. The number of benzene rings is 1. The highest BCUT2D eigenvalue weighted by Crippen LogP contribution is 2.13. The molecule has 3 rings (SSSR count). The zero-order chi connectivity index (χ0) is 19.2. The molecule has 27 heavy (non-hydrogen) atoms. The lowest BCUT2D eigenvalue weighted by molar-refractivity contribution is -0.135. The number of aliphatic carboxylic acids is 1. The Labute approximate surface area is 152 Å². The molecule has 0 saturated carbocycles. The molecular formula is C17H16N4O6. The van der Waals surface area contributed by atoms with Crippen molar-refractivity contribution in [2.45, 2.75) is 0 Å². The fraction of sp³-hybridized carbons (Fsp3) is 0.176. The molecule has 0 bridgehead atoms. The van der Waals surface area contributed by atoms with Crippen molar-refractivity contribution < 1.29 is 24.2 Å². The van der Waals surface area contributed by atoms with Crippen molar-refractivity contribution in [1.29, 1.82) is 0 Å². The van der Waals surface area contributed by atoms with Crippen molar-refractivity contribution in [3.63, 3.8) is 0 Å². The molecule has 0 saturated heterocycles. The fourth-order valence-electron chi connectivity index (χ4n) is 2.36. The van der Waals surface area contributed by atoms with Crippen LogP contribution in [0.15, 0.2) is 47.5 Å². The maximum Gasteiger partial charge on any atom is 0.322 e. The first-order chi connectivity index (χ1) is 13.1. The summed E-state index contributed by atoms with van der Waals surface area (Å²) >= 11 is 0. The Balaban J connectivity index is 1.73. The molecule has 3 aromatic rings. The number of carboxylic acid groups (broad SMARTS) is 1. The normalized spacial score (nSPS) is 10.5. The lowest BCUT2D eigenvalue weighted by atomic mass is 10.2. The first-order valence-electron chi connectivity index (χ1n) is 7.96. The Kier molecular flexibility index (Phi) is 5.36.